The van der Waals surface area contributed by atoms with Gasteiger partial charge in [-0.1, -0.05) is 23.8 Å². The first-order valence-corrected chi connectivity index (χ1v) is 11.8. The summed E-state index contributed by atoms with van der Waals surface area (Å²) in [5.41, 5.74) is 4.14. The fourth-order valence-electron chi connectivity index (χ4n) is 4.08. The summed E-state index contributed by atoms with van der Waals surface area (Å²) in [6.07, 6.45) is -0.418. The number of para-hydroxylation sites is 1. The maximum atomic E-state index is 13.8. The quantitative estimate of drug-likeness (QED) is 0.319. The SMILES string of the molecule is Cc1ccc2c(c1)C(=O)N(c1ccccc1N=O)[C@@H](c1ccc(-c3csc(C)n3)s1)N2C. The lowest BCUT2D eigenvalue weighted by Gasteiger charge is -2.43. The topological polar surface area (TPSA) is 65.9 Å². The minimum absolute atomic E-state index is 0.151. The summed E-state index contributed by atoms with van der Waals surface area (Å²) in [7, 11) is 1.97. The number of thiophene rings is 1. The summed E-state index contributed by atoms with van der Waals surface area (Å²) in [6, 6.07) is 16.9. The van der Waals surface area contributed by atoms with Crippen molar-refractivity contribution >= 4 is 45.6 Å². The molecule has 160 valence electrons. The van der Waals surface area contributed by atoms with Crippen LogP contribution < -0.4 is 9.80 Å². The van der Waals surface area contributed by atoms with E-state index in [4.69, 9.17) is 0 Å². The third-order valence-electron chi connectivity index (χ3n) is 5.59. The molecule has 0 saturated carbocycles. The first kappa shape index (κ1) is 20.5. The molecule has 1 atom stereocenters. The average Bonchev–Trinajstić information content (AvgIpc) is 3.45. The van der Waals surface area contributed by atoms with Gasteiger partial charge in [0.15, 0.2) is 0 Å². The van der Waals surface area contributed by atoms with Crippen molar-refractivity contribution in [1.82, 2.24) is 4.98 Å². The van der Waals surface area contributed by atoms with Gasteiger partial charge in [0.05, 0.1) is 32.5 Å². The maximum Gasteiger partial charge on any atom is 0.262 e. The second-order valence-electron chi connectivity index (χ2n) is 7.71. The third kappa shape index (κ3) is 3.32. The number of rotatable bonds is 4. The van der Waals surface area contributed by atoms with E-state index in [-0.39, 0.29) is 11.6 Å². The van der Waals surface area contributed by atoms with Gasteiger partial charge in [0.1, 0.15) is 11.9 Å². The molecule has 0 spiro atoms. The van der Waals surface area contributed by atoms with E-state index in [1.54, 1.807) is 45.8 Å². The molecular weight excluding hydrogens is 440 g/mol. The third-order valence-corrected chi connectivity index (χ3v) is 7.51. The minimum atomic E-state index is -0.418. The Morgan fingerprint density at radius 3 is 2.59 bits per heavy atom. The first-order chi connectivity index (χ1) is 15.5. The summed E-state index contributed by atoms with van der Waals surface area (Å²) in [4.78, 5) is 35.8. The molecule has 2 aromatic carbocycles. The van der Waals surface area contributed by atoms with E-state index in [1.807, 2.05) is 62.7 Å². The molecule has 0 fully saturated rings. The molecule has 1 aliphatic heterocycles. The largest absolute Gasteiger partial charge is 0.349 e. The van der Waals surface area contributed by atoms with Crippen molar-refractivity contribution in [1.29, 1.82) is 0 Å². The van der Waals surface area contributed by atoms with Crippen LogP contribution in [0.2, 0.25) is 0 Å². The fraction of sp³-hybridized carbons (Fsp3) is 0.167. The fourth-order valence-corrected chi connectivity index (χ4v) is 5.88. The number of thiazole rings is 1. The molecule has 32 heavy (non-hydrogen) atoms. The first-order valence-electron chi connectivity index (χ1n) is 10.1. The lowest BCUT2D eigenvalue weighted by Crippen LogP contribution is -2.48. The molecule has 0 bridgehead atoms. The predicted octanol–water partition coefficient (Wildman–Crippen LogP) is 6.68. The van der Waals surface area contributed by atoms with Crippen LogP contribution in [0.1, 0.15) is 32.0 Å². The van der Waals surface area contributed by atoms with Crippen molar-refractivity contribution in [3.8, 4) is 10.6 Å². The van der Waals surface area contributed by atoms with Gasteiger partial charge in [-0.05, 0) is 55.4 Å². The van der Waals surface area contributed by atoms with Crippen molar-refractivity contribution in [2.75, 3.05) is 16.8 Å². The Morgan fingerprint density at radius 1 is 1.03 bits per heavy atom. The second kappa shape index (κ2) is 7.96. The molecule has 5 rings (SSSR count). The van der Waals surface area contributed by atoms with Crippen molar-refractivity contribution in [3.63, 3.8) is 0 Å². The highest BCUT2D eigenvalue weighted by atomic mass is 32.1. The highest BCUT2D eigenvalue weighted by Crippen LogP contribution is 2.46. The van der Waals surface area contributed by atoms with Crippen molar-refractivity contribution in [2.24, 2.45) is 5.18 Å². The lowest BCUT2D eigenvalue weighted by molar-refractivity contribution is 0.0970. The zero-order valence-corrected chi connectivity index (χ0v) is 19.4. The second-order valence-corrected chi connectivity index (χ2v) is 9.89. The summed E-state index contributed by atoms with van der Waals surface area (Å²) >= 11 is 3.21. The van der Waals surface area contributed by atoms with Crippen LogP contribution in [0, 0.1) is 18.8 Å². The Balaban J connectivity index is 1.69. The van der Waals surface area contributed by atoms with Gasteiger partial charge in [0.25, 0.3) is 5.91 Å². The van der Waals surface area contributed by atoms with E-state index in [2.05, 4.69) is 15.1 Å². The van der Waals surface area contributed by atoms with Gasteiger partial charge in [0.2, 0.25) is 0 Å². The molecule has 3 heterocycles. The lowest BCUT2D eigenvalue weighted by atomic mass is 10.0. The number of benzene rings is 2. The molecule has 6 nitrogen and oxygen atoms in total. The zero-order valence-electron chi connectivity index (χ0n) is 17.8. The van der Waals surface area contributed by atoms with Crippen LogP contribution in [0.15, 0.2) is 65.2 Å². The zero-order chi connectivity index (χ0) is 22.4. The molecule has 2 aromatic heterocycles. The van der Waals surface area contributed by atoms with Crippen LogP contribution in [0.4, 0.5) is 17.1 Å². The number of carbonyl (C=O) groups excluding carboxylic acids is 1. The van der Waals surface area contributed by atoms with E-state index in [0.717, 1.165) is 31.7 Å². The molecule has 8 heteroatoms. The summed E-state index contributed by atoms with van der Waals surface area (Å²) < 4.78 is 0. The summed E-state index contributed by atoms with van der Waals surface area (Å²) in [6.45, 7) is 3.95. The average molecular weight is 461 g/mol. The van der Waals surface area contributed by atoms with Crippen LogP contribution in [0.5, 0.6) is 0 Å². The van der Waals surface area contributed by atoms with E-state index in [1.165, 1.54) is 0 Å². The van der Waals surface area contributed by atoms with Crippen molar-refractivity contribution in [2.45, 2.75) is 20.0 Å². The van der Waals surface area contributed by atoms with Gasteiger partial charge >= 0.3 is 0 Å². The highest BCUT2D eigenvalue weighted by Gasteiger charge is 2.39. The number of carbonyl (C=O) groups is 1. The molecule has 0 unspecified atom stereocenters. The summed E-state index contributed by atoms with van der Waals surface area (Å²) in [5.74, 6) is -0.151. The molecule has 4 aromatic rings. The molecular formula is C24H20N4O2S2. The van der Waals surface area contributed by atoms with Crippen LogP contribution in [0.3, 0.4) is 0 Å². The number of anilines is 2. The standard InChI is InChI=1S/C24H20N4O2S2/c1-14-8-9-19-16(12-14)24(29)28(20-7-5-4-6-17(20)26-30)23(27(19)3)22-11-10-21(32-22)18-13-31-15(2)25-18/h4-13,23H,1-3H3/t23-/m0/s1. The van der Waals surface area contributed by atoms with Crippen LogP contribution in [-0.4, -0.2) is 17.9 Å². The van der Waals surface area contributed by atoms with E-state index >= 15 is 0 Å². The Labute approximate surface area is 193 Å². The number of fused-ring (bicyclic) bond motifs is 1. The number of aryl methyl sites for hydroxylation is 2. The molecule has 0 aliphatic carbocycles. The highest BCUT2D eigenvalue weighted by molar-refractivity contribution is 7.16. The van der Waals surface area contributed by atoms with E-state index in [9.17, 15) is 9.70 Å². The molecule has 0 saturated heterocycles. The van der Waals surface area contributed by atoms with E-state index < -0.39 is 6.17 Å². The predicted molar refractivity (Wildman–Crippen MR) is 131 cm³/mol. The number of amides is 1. The Morgan fingerprint density at radius 2 is 1.84 bits per heavy atom. The van der Waals surface area contributed by atoms with Gasteiger partial charge in [-0.25, -0.2) is 4.98 Å². The van der Waals surface area contributed by atoms with Gasteiger partial charge in [-0.3, -0.25) is 9.69 Å². The molecule has 1 aliphatic rings. The van der Waals surface area contributed by atoms with Gasteiger partial charge in [-0.15, -0.1) is 27.6 Å². The number of nitrogens with zero attached hydrogens (tertiary/aromatic N) is 4. The van der Waals surface area contributed by atoms with Crippen LogP contribution >= 0.6 is 22.7 Å². The van der Waals surface area contributed by atoms with Crippen molar-refractivity contribution in [3.05, 3.63) is 85.9 Å². The van der Waals surface area contributed by atoms with Gasteiger partial charge in [-0.2, -0.15) is 0 Å². The van der Waals surface area contributed by atoms with Crippen LogP contribution in [0.25, 0.3) is 10.6 Å². The number of nitroso groups, excluding NO2 is 1. The molecule has 0 radical (unpaired) electrons. The number of aromatic nitrogens is 1. The Bertz CT molecular complexity index is 1340. The summed E-state index contributed by atoms with van der Waals surface area (Å²) in [5, 5.41) is 6.25. The smallest absolute Gasteiger partial charge is 0.262 e. The normalized spacial score (nSPS) is 15.7. The molecule has 1 amide bonds. The van der Waals surface area contributed by atoms with Gasteiger partial charge in [0, 0.05) is 17.3 Å². The number of hydrogen-bond acceptors (Lipinski definition) is 7. The van der Waals surface area contributed by atoms with Crippen LogP contribution in [-0.2, 0) is 0 Å². The molecule has 0 N–H and O–H groups in total. The minimum Gasteiger partial charge on any atom is -0.349 e. The van der Waals surface area contributed by atoms with E-state index in [0.29, 0.717) is 11.3 Å². The Hall–Kier alpha value is -3.36. The monoisotopic (exact) mass is 460 g/mol. The number of hydrogen-bond donors (Lipinski definition) is 0. The Kier molecular flexibility index (Phi) is 5.11. The maximum absolute atomic E-state index is 13.8. The van der Waals surface area contributed by atoms with Gasteiger partial charge < -0.3 is 4.90 Å². The van der Waals surface area contributed by atoms with Crippen molar-refractivity contribution < 1.29 is 4.79 Å².